The molecule has 4 nitrogen and oxygen atoms in total. The van der Waals surface area contributed by atoms with Gasteiger partial charge in [0.2, 0.25) is 11.8 Å². The zero-order chi connectivity index (χ0) is 12.1. The second kappa shape index (κ2) is 5.55. The van der Waals surface area contributed by atoms with Gasteiger partial charge in [0, 0.05) is 13.0 Å². The number of nitrogens with zero attached hydrogens (tertiary/aromatic N) is 1. The van der Waals surface area contributed by atoms with Crippen molar-refractivity contribution in [3.05, 3.63) is 0 Å². The highest BCUT2D eigenvalue weighted by atomic mass is 16.2. The monoisotopic (exact) mass is 222 g/mol. The van der Waals surface area contributed by atoms with Gasteiger partial charge in [-0.05, 0) is 12.3 Å². The Labute approximate surface area is 96.4 Å². The number of carbonyl (C=O) groups excluding carboxylic acids is 2. The molecule has 1 aliphatic heterocycles. The summed E-state index contributed by atoms with van der Waals surface area (Å²) < 4.78 is 0. The van der Waals surface area contributed by atoms with Gasteiger partial charge in [0.25, 0.3) is 0 Å². The molecular weight excluding hydrogens is 204 g/mol. The van der Waals surface area contributed by atoms with E-state index >= 15 is 0 Å². The van der Waals surface area contributed by atoms with E-state index in [1.54, 1.807) is 4.90 Å². The van der Waals surface area contributed by atoms with Gasteiger partial charge in [-0.15, -0.1) is 12.3 Å². The molecule has 1 N–H and O–H groups in total. The summed E-state index contributed by atoms with van der Waals surface area (Å²) in [5, 5.41) is 2.61. The molecule has 0 saturated carbocycles. The number of rotatable bonds is 4. The van der Waals surface area contributed by atoms with Crippen LogP contribution in [0.25, 0.3) is 0 Å². The third kappa shape index (κ3) is 2.75. The highest BCUT2D eigenvalue weighted by Crippen LogP contribution is 2.15. The van der Waals surface area contributed by atoms with Gasteiger partial charge in [-0.1, -0.05) is 13.8 Å². The normalized spacial score (nSPS) is 20.9. The molecular formula is C12H18N2O2. The summed E-state index contributed by atoms with van der Waals surface area (Å²) in [7, 11) is 0. The maximum atomic E-state index is 11.7. The number of hydrogen-bond donors (Lipinski definition) is 1. The zero-order valence-corrected chi connectivity index (χ0v) is 9.82. The molecule has 0 bridgehead atoms. The zero-order valence-electron chi connectivity index (χ0n) is 9.82. The van der Waals surface area contributed by atoms with Crippen LogP contribution in [0.3, 0.4) is 0 Å². The van der Waals surface area contributed by atoms with Crippen LogP contribution < -0.4 is 5.32 Å². The lowest BCUT2D eigenvalue weighted by Crippen LogP contribution is -2.60. The summed E-state index contributed by atoms with van der Waals surface area (Å²) in [6, 6.07) is -0.348. The van der Waals surface area contributed by atoms with Crippen LogP contribution in [-0.2, 0) is 9.59 Å². The van der Waals surface area contributed by atoms with Crippen LogP contribution in [0.1, 0.15) is 26.7 Å². The van der Waals surface area contributed by atoms with Crippen LogP contribution in [0.2, 0.25) is 0 Å². The maximum Gasteiger partial charge on any atom is 0.243 e. The molecule has 0 aromatic heterocycles. The highest BCUT2D eigenvalue weighted by molar-refractivity contribution is 5.94. The fourth-order valence-corrected chi connectivity index (χ4v) is 1.94. The molecule has 1 saturated heterocycles. The highest BCUT2D eigenvalue weighted by Gasteiger charge is 2.35. The molecule has 0 radical (unpaired) electrons. The van der Waals surface area contributed by atoms with Crippen LogP contribution in [0, 0.1) is 18.3 Å². The van der Waals surface area contributed by atoms with Gasteiger partial charge in [0.15, 0.2) is 0 Å². The van der Waals surface area contributed by atoms with Crippen molar-refractivity contribution in [1.82, 2.24) is 10.2 Å². The van der Waals surface area contributed by atoms with Gasteiger partial charge in [0.1, 0.15) is 6.04 Å². The van der Waals surface area contributed by atoms with Gasteiger partial charge in [-0.3, -0.25) is 9.59 Å². The molecule has 1 atom stereocenters. The fraction of sp³-hybridized carbons (Fsp3) is 0.667. The number of unbranched alkanes of at least 4 members (excludes halogenated alkanes) is 1. The molecule has 0 aromatic carbocycles. The van der Waals surface area contributed by atoms with Crippen molar-refractivity contribution in [3.8, 4) is 12.3 Å². The summed E-state index contributed by atoms with van der Waals surface area (Å²) in [5.74, 6) is 2.58. The predicted molar refractivity (Wildman–Crippen MR) is 61.4 cm³/mol. The van der Waals surface area contributed by atoms with Crippen molar-refractivity contribution in [2.24, 2.45) is 5.92 Å². The Morgan fingerprint density at radius 3 is 2.81 bits per heavy atom. The lowest BCUT2D eigenvalue weighted by Gasteiger charge is -2.37. The molecule has 0 aromatic rings. The minimum atomic E-state index is -0.348. The quantitative estimate of drug-likeness (QED) is 0.552. The van der Waals surface area contributed by atoms with E-state index in [1.807, 2.05) is 13.8 Å². The summed E-state index contributed by atoms with van der Waals surface area (Å²) in [4.78, 5) is 25.0. The van der Waals surface area contributed by atoms with E-state index < -0.39 is 0 Å². The van der Waals surface area contributed by atoms with Gasteiger partial charge in [-0.2, -0.15) is 0 Å². The van der Waals surface area contributed by atoms with E-state index in [2.05, 4.69) is 11.2 Å². The molecule has 1 fully saturated rings. The van der Waals surface area contributed by atoms with Crippen LogP contribution in [-0.4, -0.2) is 35.8 Å². The molecule has 2 amide bonds. The molecule has 1 aliphatic rings. The molecule has 4 heteroatoms. The van der Waals surface area contributed by atoms with Crippen molar-refractivity contribution < 1.29 is 9.59 Å². The Kier molecular flexibility index (Phi) is 4.36. The van der Waals surface area contributed by atoms with Gasteiger partial charge in [-0.25, -0.2) is 0 Å². The predicted octanol–water partition coefficient (Wildman–Crippen LogP) is 0.383. The second-order valence-corrected chi connectivity index (χ2v) is 4.30. The molecule has 1 rings (SSSR count). The maximum absolute atomic E-state index is 11.7. The summed E-state index contributed by atoms with van der Waals surface area (Å²) in [5.41, 5.74) is 0. The van der Waals surface area contributed by atoms with Crippen molar-refractivity contribution in [2.75, 3.05) is 13.1 Å². The molecule has 16 heavy (non-hydrogen) atoms. The minimum absolute atomic E-state index is 0.0182. The lowest BCUT2D eigenvalue weighted by atomic mass is 9.99. The third-order valence-corrected chi connectivity index (χ3v) is 2.69. The van der Waals surface area contributed by atoms with Crippen LogP contribution >= 0.6 is 0 Å². The Balaban J connectivity index is 2.69. The first-order chi connectivity index (χ1) is 7.57. The number of piperazine rings is 1. The number of terminal acetylenes is 1. The topological polar surface area (TPSA) is 49.4 Å². The van der Waals surface area contributed by atoms with E-state index in [0.29, 0.717) is 13.0 Å². The average Bonchev–Trinajstić information content (AvgIpc) is 2.23. The molecule has 0 spiro atoms. The second-order valence-electron chi connectivity index (χ2n) is 4.30. The van der Waals surface area contributed by atoms with E-state index in [-0.39, 0.29) is 30.3 Å². The Morgan fingerprint density at radius 2 is 2.25 bits per heavy atom. The summed E-state index contributed by atoms with van der Waals surface area (Å²) in [6.45, 7) is 4.56. The smallest absolute Gasteiger partial charge is 0.243 e. The SMILES string of the molecule is C#CCCCN1C(=O)CNC(=O)C1C(C)C. The lowest BCUT2D eigenvalue weighted by molar-refractivity contribution is -0.147. The standard InChI is InChI=1S/C12H18N2O2/c1-4-5-6-7-14-10(15)8-13-12(16)11(14)9(2)3/h1,9,11H,5-8H2,2-3H3,(H,13,16). The number of amides is 2. The molecule has 0 aliphatic carbocycles. The van der Waals surface area contributed by atoms with Gasteiger partial charge < -0.3 is 10.2 Å². The molecule has 1 unspecified atom stereocenters. The first kappa shape index (κ1) is 12.6. The van der Waals surface area contributed by atoms with E-state index in [0.717, 1.165) is 6.42 Å². The van der Waals surface area contributed by atoms with E-state index in [9.17, 15) is 9.59 Å². The summed E-state index contributed by atoms with van der Waals surface area (Å²) in [6.07, 6.45) is 6.55. The van der Waals surface area contributed by atoms with Crippen molar-refractivity contribution in [3.63, 3.8) is 0 Å². The van der Waals surface area contributed by atoms with Crippen LogP contribution in [0.5, 0.6) is 0 Å². The van der Waals surface area contributed by atoms with Gasteiger partial charge in [0.05, 0.1) is 6.54 Å². The van der Waals surface area contributed by atoms with E-state index in [4.69, 9.17) is 6.42 Å². The average molecular weight is 222 g/mol. The summed E-state index contributed by atoms with van der Waals surface area (Å²) >= 11 is 0. The molecule has 1 heterocycles. The minimum Gasteiger partial charge on any atom is -0.345 e. The third-order valence-electron chi connectivity index (χ3n) is 2.69. The Bertz CT molecular complexity index is 317. The molecule has 88 valence electrons. The number of nitrogens with one attached hydrogen (secondary N) is 1. The number of carbonyl (C=O) groups is 2. The Hall–Kier alpha value is -1.50. The fourth-order valence-electron chi connectivity index (χ4n) is 1.94. The first-order valence-electron chi connectivity index (χ1n) is 5.58. The van der Waals surface area contributed by atoms with Gasteiger partial charge >= 0.3 is 0 Å². The van der Waals surface area contributed by atoms with E-state index in [1.165, 1.54) is 0 Å². The number of hydrogen-bond acceptors (Lipinski definition) is 2. The van der Waals surface area contributed by atoms with Crippen LogP contribution in [0.4, 0.5) is 0 Å². The van der Waals surface area contributed by atoms with Crippen LogP contribution in [0.15, 0.2) is 0 Å². The Morgan fingerprint density at radius 1 is 1.56 bits per heavy atom. The van der Waals surface area contributed by atoms with Crippen molar-refractivity contribution in [2.45, 2.75) is 32.7 Å². The van der Waals surface area contributed by atoms with Crippen molar-refractivity contribution >= 4 is 11.8 Å². The largest absolute Gasteiger partial charge is 0.345 e. The van der Waals surface area contributed by atoms with Crippen molar-refractivity contribution in [1.29, 1.82) is 0 Å². The first-order valence-corrected chi connectivity index (χ1v) is 5.58.